The standard InChI is InChI=1S/C9H19NO3/c1-6(2)4-8(11)5-13-9(12)7(3)10/h6-8,11H,4-5,10H2,1-3H3/t7-,8?/m0/s1. The van der Waals surface area contributed by atoms with E-state index in [9.17, 15) is 9.90 Å². The van der Waals surface area contributed by atoms with E-state index in [1.807, 2.05) is 13.8 Å². The van der Waals surface area contributed by atoms with Gasteiger partial charge in [-0.15, -0.1) is 0 Å². The van der Waals surface area contributed by atoms with Crippen LogP contribution >= 0.6 is 0 Å². The third-order valence-corrected chi connectivity index (χ3v) is 1.53. The van der Waals surface area contributed by atoms with Crippen molar-refractivity contribution in [3.05, 3.63) is 0 Å². The maximum Gasteiger partial charge on any atom is 0.322 e. The van der Waals surface area contributed by atoms with E-state index in [1.54, 1.807) is 6.92 Å². The van der Waals surface area contributed by atoms with Crippen molar-refractivity contribution in [1.82, 2.24) is 0 Å². The molecule has 0 bridgehead atoms. The molecule has 0 aromatic rings. The zero-order chi connectivity index (χ0) is 10.4. The highest BCUT2D eigenvalue weighted by Crippen LogP contribution is 2.04. The molecule has 0 aromatic carbocycles. The Morgan fingerprint density at radius 1 is 1.46 bits per heavy atom. The summed E-state index contributed by atoms with van der Waals surface area (Å²) in [7, 11) is 0. The minimum atomic E-state index is -0.619. The van der Waals surface area contributed by atoms with Gasteiger partial charge in [0.1, 0.15) is 12.6 Å². The second kappa shape index (κ2) is 5.94. The van der Waals surface area contributed by atoms with Crippen molar-refractivity contribution in [2.24, 2.45) is 11.7 Å². The third kappa shape index (κ3) is 6.54. The fourth-order valence-electron chi connectivity index (χ4n) is 0.922. The van der Waals surface area contributed by atoms with E-state index in [-0.39, 0.29) is 6.61 Å². The molecule has 0 amide bonds. The Hall–Kier alpha value is -0.610. The van der Waals surface area contributed by atoms with Crippen molar-refractivity contribution in [2.45, 2.75) is 39.3 Å². The lowest BCUT2D eigenvalue weighted by atomic mass is 10.1. The molecule has 78 valence electrons. The molecule has 0 aliphatic heterocycles. The second-order valence-corrected chi connectivity index (χ2v) is 3.70. The first-order valence-corrected chi connectivity index (χ1v) is 4.53. The lowest BCUT2D eigenvalue weighted by molar-refractivity contribution is -0.148. The molecule has 0 aliphatic carbocycles. The smallest absolute Gasteiger partial charge is 0.322 e. The number of hydrogen-bond acceptors (Lipinski definition) is 4. The van der Waals surface area contributed by atoms with E-state index in [0.29, 0.717) is 12.3 Å². The molecular formula is C9H19NO3. The van der Waals surface area contributed by atoms with Crippen LogP contribution in [0.2, 0.25) is 0 Å². The number of ether oxygens (including phenoxy) is 1. The monoisotopic (exact) mass is 189 g/mol. The quantitative estimate of drug-likeness (QED) is 0.609. The summed E-state index contributed by atoms with van der Waals surface area (Å²) in [6, 6.07) is -0.619. The van der Waals surface area contributed by atoms with Crippen LogP contribution in [-0.2, 0) is 9.53 Å². The normalized spacial score (nSPS) is 15.5. The zero-order valence-corrected chi connectivity index (χ0v) is 8.49. The van der Waals surface area contributed by atoms with Gasteiger partial charge >= 0.3 is 5.97 Å². The molecule has 0 heterocycles. The lowest BCUT2D eigenvalue weighted by Gasteiger charge is -2.14. The predicted molar refractivity (Wildman–Crippen MR) is 50.1 cm³/mol. The highest BCUT2D eigenvalue weighted by atomic mass is 16.5. The van der Waals surface area contributed by atoms with E-state index >= 15 is 0 Å². The van der Waals surface area contributed by atoms with Crippen molar-refractivity contribution < 1.29 is 14.6 Å². The lowest BCUT2D eigenvalue weighted by Crippen LogP contribution is -2.31. The summed E-state index contributed by atoms with van der Waals surface area (Å²) in [6.07, 6.45) is 0.0503. The molecule has 0 radical (unpaired) electrons. The fraction of sp³-hybridized carbons (Fsp3) is 0.889. The van der Waals surface area contributed by atoms with E-state index in [1.165, 1.54) is 0 Å². The Labute approximate surface area is 79.1 Å². The highest BCUT2D eigenvalue weighted by molar-refractivity contribution is 5.74. The summed E-state index contributed by atoms with van der Waals surface area (Å²) in [5.74, 6) is -0.0770. The summed E-state index contributed by atoms with van der Waals surface area (Å²) in [6.45, 7) is 5.59. The van der Waals surface area contributed by atoms with Gasteiger partial charge in [0.2, 0.25) is 0 Å². The number of aliphatic hydroxyl groups is 1. The number of nitrogens with two attached hydrogens (primary N) is 1. The summed E-state index contributed by atoms with van der Waals surface area (Å²) in [4.78, 5) is 10.9. The van der Waals surface area contributed by atoms with E-state index in [2.05, 4.69) is 0 Å². The van der Waals surface area contributed by atoms with Gasteiger partial charge in [0.15, 0.2) is 0 Å². The van der Waals surface area contributed by atoms with Crippen molar-refractivity contribution in [3.63, 3.8) is 0 Å². The van der Waals surface area contributed by atoms with Crippen molar-refractivity contribution in [1.29, 1.82) is 0 Å². The van der Waals surface area contributed by atoms with Crippen LogP contribution in [0.25, 0.3) is 0 Å². The second-order valence-electron chi connectivity index (χ2n) is 3.70. The highest BCUT2D eigenvalue weighted by Gasteiger charge is 2.12. The van der Waals surface area contributed by atoms with E-state index < -0.39 is 18.1 Å². The van der Waals surface area contributed by atoms with Crippen LogP contribution in [0.5, 0.6) is 0 Å². The topological polar surface area (TPSA) is 72.5 Å². The van der Waals surface area contributed by atoms with Crippen LogP contribution in [-0.4, -0.2) is 29.8 Å². The molecule has 1 unspecified atom stereocenters. The van der Waals surface area contributed by atoms with Gasteiger partial charge < -0.3 is 15.6 Å². The van der Waals surface area contributed by atoms with Gasteiger partial charge in [0.25, 0.3) is 0 Å². The predicted octanol–water partition coefficient (Wildman–Crippen LogP) is 0.284. The number of rotatable bonds is 5. The van der Waals surface area contributed by atoms with Gasteiger partial charge in [-0.25, -0.2) is 0 Å². The average molecular weight is 189 g/mol. The van der Waals surface area contributed by atoms with Gasteiger partial charge in [0.05, 0.1) is 6.10 Å². The van der Waals surface area contributed by atoms with Crippen LogP contribution in [0, 0.1) is 5.92 Å². The molecule has 0 saturated heterocycles. The van der Waals surface area contributed by atoms with Crippen LogP contribution in [0.4, 0.5) is 0 Å². The van der Waals surface area contributed by atoms with Crippen molar-refractivity contribution in [3.8, 4) is 0 Å². The average Bonchev–Trinajstić information content (AvgIpc) is 1.98. The first-order chi connectivity index (χ1) is 5.93. The van der Waals surface area contributed by atoms with E-state index in [0.717, 1.165) is 0 Å². The Bertz CT molecular complexity index is 157. The Balaban J connectivity index is 3.58. The fourth-order valence-corrected chi connectivity index (χ4v) is 0.922. The molecule has 0 saturated carbocycles. The van der Waals surface area contributed by atoms with Crippen LogP contribution in [0.15, 0.2) is 0 Å². The minimum Gasteiger partial charge on any atom is -0.462 e. The van der Waals surface area contributed by atoms with Gasteiger partial charge in [-0.2, -0.15) is 0 Å². The van der Waals surface area contributed by atoms with Crippen LogP contribution in [0.3, 0.4) is 0 Å². The molecule has 0 rings (SSSR count). The van der Waals surface area contributed by atoms with Crippen molar-refractivity contribution in [2.75, 3.05) is 6.61 Å². The molecule has 4 nitrogen and oxygen atoms in total. The minimum absolute atomic E-state index is 0.0402. The van der Waals surface area contributed by atoms with Crippen LogP contribution < -0.4 is 5.73 Å². The SMILES string of the molecule is CC(C)CC(O)COC(=O)[C@H](C)N. The molecule has 0 fully saturated rings. The Kier molecular flexibility index (Phi) is 5.66. The number of carbonyl (C=O) groups excluding carboxylic acids is 1. The Morgan fingerprint density at radius 2 is 2.00 bits per heavy atom. The molecule has 0 aromatic heterocycles. The molecule has 0 aliphatic rings. The molecule has 13 heavy (non-hydrogen) atoms. The zero-order valence-electron chi connectivity index (χ0n) is 8.49. The largest absolute Gasteiger partial charge is 0.462 e. The van der Waals surface area contributed by atoms with Crippen LogP contribution in [0.1, 0.15) is 27.2 Å². The van der Waals surface area contributed by atoms with Gasteiger partial charge in [-0.05, 0) is 19.3 Å². The summed E-state index contributed by atoms with van der Waals surface area (Å²) in [5, 5.41) is 9.33. The maximum absolute atomic E-state index is 10.9. The summed E-state index contributed by atoms with van der Waals surface area (Å²) >= 11 is 0. The van der Waals surface area contributed by atoms with Gasteiger partial charge in [-0.1, -0.05) is 13.8 Å². The van der Waals surface area contributed by atoms with Gasteiger partial charge in [-0.3, -0.25) is 4.79 Å². The molecule has 4 heteroatoms. The summed E-state index contributed by atoms with van der Waals surface area (Å²) < 4.78 is 4.75. The third-order valence-electron chi connectivity index (χ3n) is 1.53. The first kappa shape index (κ1) is 12.4. The number of esters is 1. The number of hydrogen-bond donors (Lipinski definition) is 2. The molecule has 0 spiro atoms. The molecular weight excluding hydrogens is 170 g/mol. The van der Waals surface area contributed by atoms with Crippen molar-refractivity contribution >= 4 is 5.97 Å². The summed E-state index contributed by atoms with van der Waals surface area (Å²) in [5.41, 5.74) is 5.27. The Morgan fingerprint density at radius 3 is 2.38 bits per heavy atom. The number of carbonyl (C=O) groups is 1. The number of aliphatic hydroxyl groups excluding tert-OH is 1. The molecule has 2 atom stereocenters. The maximum atomic E-state index is 10.9. The first-order valence-electron chi connectivity index (χ1n) is 4.53. The van der Waals surface area contributed by atoms with Gasteiger partial charge in [0, 0.05) is 0 Å². The molecule has 3 N–H and O–H groups in total. The van der Waals surface area contributed by atoms with E-state index in [4.69, 9.17) is 10.5 Å².